The van der Waals surface area contributed by atoms with Crippen LogP contribution in [0.4, 0.5) is 0 Å². The number of rotatable bonds is 9. The summed E-state index contributed by atoms with van der Waals surface area (Å²) in [6.07, 6.45) is 4.68. The molecule has 6 nitrogen and oxygen atoms in total. The van der Waals surface area contributed by atoms with Gasteiger partial charge >= 0.3 is 5.97 Å². The summed E-state index contributed by atoms with van der Waals surface area (Å²) < 4.78 is 5.16. The molecule has 0 amide bonds. The van der Waals surface area contributed by atoms with Crippen molar-refractivity contribution in [2.24, 2.45) is 0 Å². The zero-order valence-corrected chi connectivity index (χ0v) is 22.6. The lowest BCUT2D eigenvalue weighted by Gasteiger charge is -2.28. The zero-order chi connectivity index (χ0) is 25.6. The van der Waals surface area contributed by atoms with E-state index >= 15 is 0 Å². The molecule has 3 heterocycles. The number of esters is 1. The molecule has 0 bridgehead atoms. The van der Waals surface area contributed by atoms with Gasteiger partial charge in [-0.15, -0.1) is 11.8 Å². The Bertz CT molecular complexity index is 1360. The molecule has 0 aliphatic carbocycles. The molecular formula is C29H30N4O2S2. The van der Waals surface area contributed by atoms with Crippen molar-refractivity contribution in [2.45, 2.75) is 35.2 Å². The highest BCUT2D eigenvalue weighted by atomic mass is 32.2. The summed E-state index contributed by atoms with van der Waals surface area (Å²) in [6, 6.07) is 20.8. The van der Waals surface area contributed by atoms with Crippen molar-refractivity contribution in [1.29, 1.82) is 0 Å². The van der Waals surface area contributed by atoms with Gasteiger partial charge in [0.25, 0.3) is 0 Å². The number of carbonyl (C=O) groups is 1. The summed E-state index contributed by atoms with van der Waals surface area (Å²) in [4.78, 5) is 28.9. The lowest BCUT2D eigenvalue weighted by molar-refractivity contribution is -0.140. The van der Waals surface area contributed by atoms with Crippen LogP contribution in [0.5, 0.6) is 0 Å². The molecule has 0 saturated heterocycles. The number of aromatic amines is 1. The van der Waals surface area contributed by atoms with Crippen LogP contribution >= 0.6 is 23.5 Å². The Hall–Kier alpha value is -3.07. The summed E-state index contributed by atoms with van der Waals surface area (Å²) in [5.41, 5.74) is 6.58. The van der Waals surface area contributed by atoms with Crippen molar-refractivity contribution in [2.75, 3.05) is 26.0 Å². The fourth-order valence-electron chi connectivity index (χ4n) is 4.55. The first-order chi connectivity index (χ1) is 18.1. The molecule has 1 N–H and O–H groups in total. The van der Waals surface area contributed by atoms with Gasteiger partial charge in [-0.25, -0.2) is 4.98 Å². The molecular weight excluding hydrogens is 500 g/mol. The lowest BCUT2D eigenvalue weighted by Crippen LogP contribution is -2.32. The molecule has 1 atom stereocenters. The molecule has 0 saturated carbocycles. The third-order valence-corrected chi connectivity index (χ3v) is 8.82. The summed E-state index contributed by atoms with van der Waals surface area (Å²) >= 11 is 3.15. The average Bonchev–Trinajstić information content (AvgIpc) is 3.42. The number of fused-ring (bicyclic) bond motifs is 1. The van der Waals surface area contributed by atoms with E-state index in [9.17, 15) is 4.79 Å². The van der Waals surface area contributed by atoms with E-state index in [-0.39, 0.29) is 5.97 Å². The Morgan fingerprint density at radius 2 is 1.86 bits per heavy atom. The van der Waals surface area contributed by atoms with E-state index < -0.39 is 5.25 Å². The van der Waals surface area contributed by atoms with Crippen molar-refractivity contribution in [3.05, 3.63) is 95.4 Å². The second-order valence-electron chi connectivity index (χ2n) is 8.95. The van der Waals surface area contributed by atoms with Gasteiger partial charge in [0.2, 0.25) is 0 Å². The van der Waals surface area contributed by atoms with Gasteiger partial charge in [-0.1, -0.05) is 66.4 Å². The van der Waals surface area contributed by atoms with Gasteiger partial charge < -0.3 is 9.72 Å². The number of aromatic nitrogens is 3. The fourth-order valence-corrected chi connectivity index (χ4v) is 6.64. The number of carbonyl (C=O) groups excluding carboxylic acids is 1. The third kappa shape index (κ3) is 6.09. The maximum atomic E-state index is 12.8. The number of thioether (sulfide) groups is 2. The van der Waals surface area contributed by atoms with Crippen LogP contribution in [0.2, 0.25) is 0 Å². The highest BCUT2D eigenvalue weighted by molar-refractivity contribution is 8.00. The Kier molecular flexibility index (Phi) is 8.28. The van der Waals surface area contributed by atoms with Gasteiger partial charge in [0.05, 0.1) is 24.7 Å². The molecule has 2 aromatic carbocycles. The van der Waals surface area contributed by atoms with Gasteiger partial charge in [-0.2, -0.15) is 0 Å². The second kappa shape index (κ2) is 12.0. The number of nitrogens with one attached hydrogen (secondary N) is 1. The summed E-state index contributed by atoms with van der Waals surface area (Å²) in [5.74, 6) is 0.633. The van der Waals surface area contributed by atoms with E-state index in [1.165, 1.54) is 30.0 Å². The topological polar surface area (TPSA) is 71.1 Å². The van der Waals surface area contributed by atoms with E-state index in [0.29, 0.717) is 10.9 Å². The van der Waals surface area contributed by atoms with Gasteiger partial charge in [-0.05, 0) is 41.7 Å². The van der Waals surface area contributed by atoms with Crippen LogP contribution in [-0.2, 0) is 22.5 Å². The number of imidazole rings is 1. The third-order valence-electron chi connectivity index (χ3n) is 6.60. The van der Waals surface area contributed by atoms with Crippen LogP contribution in [0.3, 0.4) is 0 Å². The monoisotopic (exact) mass is 530 g/mol. The number of nitrogens with zero attached hydrogens (tertiary/aromatic N) is 3. The first kappa shape index (κ1) is 25.6. The SMILES string of the molecule is COC(=O)C(Sc1ncc(-c2ccccc2)[nH]1)c1nccc(SCCN2CCc3ccccc3C2)c1C. The molecule has 1 aliphatic heterocycles. The normalized spacial score (nSPS) is 14.2. The van der Waals surface area contributed by atoms with Gasteiger partial charge in [0, 0.05) is 36.5 Å². The van der Waals surface area contributed by atoms with Crippen LogP contribution in [0, 0.1) is 6.92 Å². The van der Waals surface area contributed by atoms with Crippen LogP contribution in [0.25, 0.3) is 11.3 Å². The highest BCUT2D eigenvalue weighted by Crippen LogP contribution is 2.38. The van der Waals surface area contributed by atoms with Crippen LogP contribution in [0.15, 0.2) is 83.1 Å². The van der Waals surface area contributed by atoms with Gasteiger partial charge in [-0.3, -0.25) is 14.7 Å². The van der Waals surface area contributed by atoms with E-state index in [1.807, 2.05) is 55.1 Å². The molecule has 2 aromatic heterocycles. The average molecular weight is 531 g/mol. The van der Waals surface area contributed by atoms with Crippen LogP contribution < -0.4 is 0 Å². The second-order valence-corrected chi connectivity index (χ2v) is 11.2. The fraction of sp³-hybridized carbons (Fsp3) is 0.276. The molecule has 1 unspecified atom stereocenters. The molecule has 0 fully saturated rings. The first-order valence-electron chi connectivity index (χ1n) is 12.3. The largest absolute Gasteiger partial charge is 0.468 e. The molecule has 8 heteroatoms. The van der Waals surface area contributed by atoms with Gasteiger partial charge in [0.15, 0.2) is 10.4 Å². The van der Waals surface area contributed by atoms with Crippen molar-refractivity contribution < 1.29 is 9.53 Å². The van der Waals surface area contributed by atoms with Crippen LogP contribution in [-0.4, -0.2) is 51.8 Å². The van der Waals surface area contributed by atoms with Gasteiger partial charge in [0.1, 0.15) is 0 Å². The smallest absolute Gasteiger partial charge is 0.325 e. The van der Waals surface area contributed by atoms with E-state index in [0.717, 1.165) is 53.5 Å². The minimum Gasteiger partial charge on any atom is -0.468 e. The van der Waals surface area contributed by atoms with E-state index in [1.54, 1.807) is 12.4 Å². The molecule has 0 radical (unpaired) electrons. The number of pyridine rings is 1. The van der Waals surface area contributed by atoms with Crippen molar-refractivity contribution in [3.8, 4) is 11.3 Å². The summed E-state index contributed by atoms with van der Waals surface area (Å²) in [5, 5.41) is 0.0396. The Morgan fingerprint density at radius 1 is 1.08 bits per heavy atom. The van der Waals surface area contributed by atoms with E-state index in [2.05, 4.69) is 44.1 Å². The quantitative estimate of drug-likeness (QED) is 0.212. The number of benzene rings is 2. The highest BCUT2D eigenvalue weighted by Gasteiger charge is 2.28. The molecule has 5 rings (SSSR count). The first-order valence-corrected chi connectivity index (χ1v) is 14.2. The number of hydrogen-bond acceptors (Lipinski definition) is 7. The molecule has 190 valence electrons. The zero-order valence-electron chi connectivity index (χ0n) is 21.0. The summed E-state index contributed by atoms with van der Waals surface area (Å²) in [6.45, 7) is 5.15. The van der Waals surface area contributed by atoms with Crippen molar-refractivity contribution >= 4 is 29.5 Å². The maximum absolute atomic E-state index is 12.8. The predicted octanol–water partition coefficient (Wildman–Crippen LogP) is 5.94. The minimum atomic E-state index is -0.612. The maximum Gasteiger partial charge on any atom is 0.325 e. The molecule has 37 heavy (non-hydrogen) atoms. The Balaban J connectivity index is 1.27. The van der Waals surface area contributed by atoms with E-state index in [4.69, 9.17) is 4.74 Å². The van der Waals surface area contributed by atoms with Crippen molar-refractivity contribution in [1.82, 2.24) is 19.9 Å². The number of hydrogen-bond donors (Lipinski definition) is 1. The summed E-state index contributed by atoms with van der Waals surface area (Å²) in [7, 11) is 1.41. The Morgan fingerprint density at radius 3 is 2.68 bits per heavy atom. The molecule has 1 aliphatic rings. The number of methoxy groups -OCH3 is 1. The standard InChI is InChI=1S/C29H30N4O2S2/c1-20-25(36-17-16-33-15-13-21-8-6-7-11-23(21)19-33)12-14-30-26(20)27(28(34)35-2)37-29-31-18-24(32-29)22-9-4-3-5-10-22/h3-12,14,18,27H,13,15-17,19H2,1-2H3,(H,31,32). The van der Waals surface area contributed by atoms with Crippen molar-refractivity contribution in [3.63, 3.8) is 0 Å². The molecule has 0 spiro atoms. The molecule has 4 aromatic rings. The lowest BCUT2D eigenvalue weighted by atomic mass is 10.0. The number of H-pyrrole nitrogens is 1. The predicted molar refractivity (Wildman–Crippen MR) is 150 cm³/mol. The Labute approximate surface area is 226 Å². The number of ether oxygens (including phenoxy) is 1. The van der Waals surface area contributed by atoms with Crippen LogP contribution in [0.1, 0.15) is 27.6 Å². The minimum absolute atomic E-state index is 0.340.